The predicted molar refractivity (Wildman–Crippen MR) is 82.9 cm³/mol. The minimum absolute atomic E-state index is 0.531. The first-order chi connectivity index (χ1) is 9.92. The highest BCUT2D eigenvalue weighted by atomic mass is 16.5. The summed E-state index contributed by atoms with van der Waals surface area (Å²) in [6, 6.07) is 9.13. The minimum atomic E-state index is 0.531. The van der Waals surface area contributed by atoms with Gasteiger partial charge < -0.3 is 10.1 Å². The van der Waals surface area contributed by atoms with Crippen molar-refractivity contribution in [1.29, 1.82) is 0 Å². The number of nitrogens with one attached hydrogen (secondary N) is 1. The van der Waals surface area contributed by atoms with Crippen LogP contribution < -0.4 is 5.32 Å². The Bertz CT molecular complexity index is 390. The topological polar surface area (TPSA) is 21.3 Å². The first kappa shape index (κ1) is 14.1. The highest BCUT2D eigenvalue weighted by Crippen LogP contribution is 2.39. The SMILES string of the molecule is c1cc(C2CC2)ccc1CNCCOC1CCCCC1. The zero-order chi connectivity index (χ0) is 13.6. The third-order valence-corrected chi connectivity index (χ3v) is 4.54. The highest BCUT2D eigenvalue weighted by Gasteiger charge is 2.22. The van der Waals surface area contributed by atoms with Crippen LogP contribution in [0.15, 0.2) is 24.3 Å². The van der Waals surface area contributed by atoms with E-state index in [2.05, 4.69) is 29.6 Å². The maximum atomic E-state index is 5.92. The van der Waals surface area contributed by atoms with Gasteiger partial charge in [-0.2, -0.15) is 0 Å². The largest absolute Gasteiger partial charge is 0.377 e. The van der Waals surface area contributed by atoms with Crippen LogP contribution in [0, 0.1) is 0 Å². The van der Waals surface area contributed by atoms with Crippen molar-refractivity contribution in [1.82, 2.24) is 5.32 Å². The van der Waals surface area contributed by atoms with Crippen LogP contribution in [0.25, 0.3) is 0 Å². The molecule has 2 aliphatic rings. The second kappa shape index (κ2) is 7.24. The van der Waals surface area contributed by atoms with Crippen molar-refractivity contribution in [3.05, 3.63) is 35.4 Å². The second-order valence-corrected chi connectivity index (χ2v) is 6.32. The van der Waals surface area contributed by atoms with Gasteiger partial charge in [-0.15, -0.1) is 0 Å². The summed E-state index contributed by atoms with van der Waals surface area (Å²) in [4.78, 5) is 0. The molecule has 110 valence electrons. The Morgan fingerprint density at radius 2 is 1.70 bits per heavy atom. The molecule has 0 radical (unpaired) electrons. The van der Waals surface area contributed by atoms with Gasteiger partial charge >= 0.3 is 0 Å². The number of hydrogen-bond donors (Lipinski definition) is 1. The van der Waals surface area contributed by atoms with Crippen LogP contribution in [0.3, 0.4) is 0 Å². The van der Waals surface area contributed by atoms with Crippen molar-refractivity contribution in [3.8, 4) is 0 Å². The number of ether oxygens (including phenoxy) is 1. The predicted octanol–water partition coefficient (Wildman–Crippen LogP) is 4.00. The highest BCUT2D eigenvalue weighted by molar-refractivity contribution is 5.27. The van der Waals surface area contributed by atoms with Crippen molar-refractivity contribution in [2.24, 2.45) is 0 Å². The Balaban J connectivity index is 1.29. The van der Waals surface area contributed by atoms with Gasteiger partial charge in [0.1, 0.15) is 0 Å². The standard InChI is InChI=1S/C18H27NO/c1-2-4-18(5-3-1)20-13-12-19-14-15-6-8-16(9-7-15)17-10-11-17/h6-9,17-19H,1-5,10-14H2. The molecule has 2 fully saturated rings. The lowest BCUT2D eigenvalue weighted by atomic mass is 9.98. The maximum Gasteiger partial charge on any atom is 0.0594 e. The van der Waals surface area contributed by atoms with E-state index in [0.29, 0.717) is 6.10 Å². The maximum absolute atomic E-state index is 5.92. The number of benzene rings is 1. The average molecular weight is 273 g/mol. The van der Waals surface area contributed by atoms with Crippen LogP contribution >= 0.6 is 0 Å². The summed E-state index contributed by atoms with van der Waals surface area (Å²) in [5, 5.41) is 3.48. The van der Waals surface area contributed by atoms with Gasteiger partial charge in [0.15, 0.2) is 0 Å². The molecule has 0 saturated heterocycles. The van der Waals surface area contributed by atoms with Crippen molar-refractivity contribution >= 4 is 0 Å². The summed E-state index contributed by atoms with van der Waals surface area (Å²) in [7, 11) is 0. The molecule has 0 unspecified atom stereocenters. The van der Waals surface area contributed by atoms with Gasteiger partial charge in [-0.3, -0.25) is 0 Å². The number of hydrogen-bond acceptors (Lipinski definition) is 2. The molecule has 1 aromatic rings. The summed E-state index contributed by atoms with van der Waals surface area (Å²) in [5.74, 6) is 0.862. The van der Waals surface area contributed by atoms with Crippen LogP contribution in [0.4, 0.5) is 0 Å². The molecule has 0 atom stereocenters. The minimum Gasteiger partial charge on any atom is -0.377 e. The zero-order valence-electron chi connectivity index (χ0n) is 12.4. The molecule has 0 heterocycles. The Morgan fingerprint density at radius 1 is 0.950 bits per heavy atom. The second-order valence-electron chi connectivity index (χ2n) is 6.32. The monoisotopic (exact) mass is 273 g/mol. The Kier molecular flexibility index (Phi) is 5.10. The molecule has 0 bridgehead atoms. The fourth-order valence-corrected chi connectivity index (χ4v) is 3.09. The molecule has 3 rings (SSSR count). The van der Waals surface area contributed by atoms with E-state index in [1.165, 1.54) is 56.1 Å². The molecule has 0 amide bonds. The van der Waals surface area contributed by atoms with Gasteiger partial charge in [-0.1, -0.05) is 43.5 Å². The van der Waals surface area contributed by atoms with Gasteiger partial charge in [0, 0.05) is 13.1 Å². The molecule has 1 aromatic carbocycles. The summed E-state index contributed by atoms with van der Waals surface area (Å²) in [5.41, 5.74) is 2.90. The first-order valence-electron chi connectivity index (χ1n) is 8.33. The molecule has 1 N–H and O–H groups in total. The van der Waals surface area contributed by atoms with Crippen LogP contribution in [0.1, 0.15) is 62.0 Å². The Labute approximate surface area is 122 Å². The lowest BCUT2D eigenvalue weighted by molar-refractivity contribution is 0.0302. The van der Waals surface area contributed by atoms with E-state index in [1.54, 1.807) is 0 Å². The van der Waals surface area contributed by atoms with Gasteiger partial charge in [0.25, 0.3) is 0 Å². The van der Waals surface area contributed by atoms with Crippen molar-refractivity contribution in [2.75, 3.05) is 13.2 Å². The molecule has 2 saturated carbocycles. The fraction of sp³-hybridized carbons (Fsp3) is 0.667. The van der Waals surface area contributed by atoms with Crippen LogP contribution in [-0.2, 0) is 11.3 Å². The van der Waals surface area contributed by atoms with Crippen LogP contribution in [0.5, 0.6) is 0 Å². The van der Waals surface area contributed by atoms with E-state index >= 15 is 0 Å². The number of rotatable bonds is 7. The molecule has 2 aliphatic carbocycles. The van der Waals surface area contributed by atoms with E-state index in [-0.39, 0.29) is 0 Å². The zero-order valence-corrected chi connectivity index (χ0v) is 12.4. The molecular formula is C18H27NO. The molecule has 0 spiro atoms. The summed E-state index contributed by atoms with van der Waals surface area (Å²) in [6.45, 7) is 2.77. The Morgan fingerprint density at radius 3 is 2.40 bits per heavy atom. The van der Waals surface area contributed by atoms with Gasteiger partial charge in [-0.25, -0.2) is 0 Å². The molecule has 2 nitrogen and oxygen atoms in total. The normalized spacial score (nSPS) is 20.2. The summed E-state index contributed by atoms with van der Waals surface area (Å²) >= 11 is 0. The van der Waals surface area contributed by atoms with E-state index in [0.717, 1.165) is 25.6 Å². The van der Waals surface area contributed by atoms with Gasteiger partial charge in [0.05, 0.1) is 12.7 Å². The summed E-state index contributed by atoms with van der Waals surface area (Å²) in [6.07, 6.45) is 9.94. The third kappa shape index (κ3) is 4.32. The Hall–Kier alpha value is -0.860. The molecular weight excluding hydrogens is 246 g/mol. The molecule has 20 heavy (non-hydrogen) atoms. The van der Waals surface area contributed by atoms with Crippen LogP contribution in [0.2, 0.25) is 0 Å². The van der Waals surface area contributed by atoms with Gasteiger partial charge in [0.2, 0.25) is 0 Å². The van der Waals surface area contributed by atoms with E-state index < -0.39 is 0 Å². The average Bonchev–Trinajstić information content (AvgIpc) is 3.33. The third-order valence-electron chi connectivity index (χ3n) is 4.54. The quantitative estimate of drug-likeness (QED) is 0.758. The molecule has 0 aliphatic heterocycles. The molecule has 0 aromatic heterocycles. The smallest absolute Gasteiger partial charge is 0.0594 e. The lowest BCUT2D eigenvalue weighted by Gasteiger charge is -2.22. The van der Waals surface area contributed by atoms with Crippen molar-refractivity contribution in [2.45, 2.75) is 63.5 Å². The van der Waals surface area contributed by atoms with Crippen molar-refractivity contribution in [3.63, 3.8) is 0 Å². The summed E-state index contributed by atoms with van der Waals surface area (Å²) < 4.78 is 5.92. The van der Waals surface area contributed by atoms with Crippen molar-refractivity contribution < 1.29 is 4.74 Å². The van der Waals surface area contributed by atoms with E-state index in [4.69, 9.17) is 4.74 Å². The van der Waals surface area contributed by atoms with Gasteiger partial charge in [-0.05, 0) is 42.7 Å². The fourth-order valence-electron chi connectivity index (χ4n) is 3.09. The van der Waals surface area contributed by atoms with E-state index in [9.17, 15) is 0 Å². The lowest BCUT2D eigenvalue weighted by Crippen LogP contribution is -2.24. The molecule has 2 heteroatoms. The van der Waals surface area contributed by atoms with Crippen LogP contribution in [-0.4, -0.2) is 19.3 Å². The van der Waals surface area contributed by atoms with E-state index in [1.807, 2.05) is 0 Å². The first-order valence-corrected chi connectivity index (χ1v) is 8.33.